The number of isocyanates is 1. The number of nitrogens with zero attached hydrogens (tertiary/aromatic N) is 1. The molecular formula is C7H11NO2. The van der Waals surface area contributed by atoms with E-state index in [4.69, 9.17) is 4.74 Å². The van der Waals surface area contributed by atoms with Crippen LogP contribution in [-0.4, -0.2) is 25.3 Å². The number of ether oxygens (including phenoxy) is 1. The highest BCUT2D eigenvalue weighted by Crippen LogP contribution is 2.12. The van der Waals surface area contributed by atoms with Gasteiger partial charge in [0.05, 0.1) is 12.6 Å². The highest BCUT2D eigenvalue weighted by atomic mass is 16.5. The zero-order valence-electron chi connectivity index (χ0n) is 5.88. The summed E-state index contributed by atoms with van der Waals surface area (Å²) < 4.78 is 5.31. The zero-order valence-corrected chi connectivity index (χ0v) is 5.88. The van der Waals surface area contributed by atoms with Gasteiger partial charge >= 0.3 is 0 Å². The fourth-order valence-corrected chi connectivity index (χ4v) is 1.09. The molecule has 0 spiro atoms. The van der Waals surface area contributed by atoms with Crippen molar-refractivity contribution in [3.05, 3.63) is 0 Å². The van der Waals surface area contributed by atoms with Crippen LogP contribution in [0.1, 0.15) is 19.3 Å². The van der Waals surface area contributed by atoms with E-state index in [1.54, 1.807) is 0 Å². The van der Waals surface area contributed by atoms with Crippen molar-refractivity contribution in [1.29, 1.82) is 0 Å². The van der Waals surface area contributed by atoms with Crippen LogP contribution in [0.3, 0.4) is 0 Å². The molecule has 3 nitrogen and oxygen atoms in total. The topological polar surface area (TPSA) is 38.7 Å². The Balaban J connectivity index is 2.19. The van der Waals surface area contributed by atoms with Crippen LogP contribution in [0.4, 0.5) is 0 Å². The summed E-state index contributed by atoms with van der Waals surface area (Å²) in [6, 6.07) is 0. The minimum absolute atomic E-state index is 0.176. The lowest BCUT2D eigenvalue weighted by Gasteiger charge is -2.19. The normalized spacial score (nSPS) is 25.4. The first-order chi connectivity index (χ1) is 4.93. The molecule has 1 heterocycles. The molecular weight excluding hydrogens is 130 g/mol. The molecule has 0 aromatic rings. The Labute approximate surface area is 60.1 Å². The molecule has 0 amide bonds. The Bertz CT molecular complexity index is 135. The Morgan fingerprint density at radius 2 is 2.50 bits per heavy atom. The van der Waals surface area contributed by atoms with Crippen LogP contribution in [0.25, 0.3) is 0 Å². The van der Waals surface area contributed by atoms with Crippen molar-refractivity contribution in [1.82, 2.24) is 0 Å². The van der Waals surface area contributed by atoms with Gasteiger partial charge in [0, 0.05) is 6.61 Å². The standard InChI is InChI=1S/C7H11NO2/c9-6-8-5-7-3-1-2-4-10-7/h7H,1-5H2. The average Bonchev–Trinajstić information content (AvgIpc) is 2.03. The predicted octanol–water partition coefficient (Wildman–Crippen LogP) is 0.891. The molecule has 3 heteroatoms. The van der Waals surface area contributed by atoms with Gasteiger partial charge in [-0.1, -0.05) is 0 Å². The first-order valence-corrected chi connectivity index (χ1v) is 3.58. The van der Waals surface area contributed by atoms with Crippen molar-refractivity contribution in [3.8, 4) is 0 Å². The Morgan fingerprint density at radius 3 is 3.10 bits per heavy atom. The number of carbonyl (C=O) groups excluding carboxylic acids is 1. The summed E-state index contributed by atoms with van der Waals surface area (Å²) in [5, 5.41) is 0. The molecule has 1 saturated heterocycles. The van der Waals surface area contributed by atoms with E-state index in [0.717, 1.165) is 19.4 Å². The maximum Gasteiger partial charge on any atom is 0.235 e. The molecule has 1 rings (SSSR count). The van der Waals surface area contributed by atoms with Gasteiger partial charge in [0.15, 0.2) is 0 Å². The van der Waals surface area contributed by atoms with E-state index < -0.39 is 0 Å². The monoisotopic (exact) mass is 141 g/mol. The number of hydrogen-bond donors (Lipinski definition) is 0. The summed E-state index contributed by atoms with van der Waals surface area (Å²) in [7, 11) is 0. The van der Waals surface area contributed by atoms with Crippen LogP contribution in [0.5, 0.6) is 0 Å². The first-order valence-electron chi connectivity index (χ1n) is 3.58. The second-order valence-electron chi connectivity index (χ2n) is 2.42. The van der Waals surface area contributed by atoms with E-state index in [2.05, 4.69) is 4.99 Å². The van der Waals surface area contributed by atoms with Gasteiger partial charge in [0.2, 0.25) is 6.08 Å². The molecule has 0 aliphatic carbocycles. The molecule has 1 unspecified atom stereocenters. The van der Waals surface area contributed by atoms with E-state index in [9.17, 15) is 4.79 Å². The van der Waals surface area contributed by atoms with Gasteiger partial charge in [0.25, 0.3) is 0 Å². The van der Waals surface area contributed by atoms with E-state index in [1.807, 2.05) is 0 Å². The van der Waals surface area contributed by atoms with Gasteiger partial charge in [-0.15, -0.1) is 0 Å². The summed E-state index contributed by atoms with van der Waals surface area (Å²) >= 11 is 0. The lowest BCUT2D eigenvalue weighted by Crippen LogP contribution is -2.21. The molecule has 0 saturated carbocycles. The van der Waals surface area contributed by atoms with Crippen LogP contribution in [0, 0.1) is 0 Å². The van der Waals surface area contributed by atoms with Crippen LogP contribution < -0.4 is 0 Å². The SMILES string of the molecule is O=C=NCC1CCCCO1. The third-order valence-corrected chi connectivity index (χ3v) is 1.63. The van der Waals surface area contributed by atoms with Gasteiger partial charge < -0.3 is 4.74 Å². The number of aliphatic imine (C=N–C) groups is 1. The predicted molar refractivity (Wildman–Crippen MR) is 36.6 cm³/mol. The largest absolute Gasteiger partial charge is 0.376 e. The summed E-state index contributed by atoms with van der Waals surface area (Å²) in [5.41, 5.74) is 0. The van der Waals surface area contributed by atoms with Crippen LogP contribution in [0.15, 0.2) is 4.99 Å². The fourth-order valence-electron chi connectivity index (χ4n) is 1.09. The van der Waals surface area contributed by atoms with Crippen molar-refractivity contribution in [2.45, 2.75) is 25.4 Å². The van der Waals surface area contributed by atoms with E-state index in [-0.39, 0.29) is 6.10 Å². The summed E-state index contributed by atoms with van der Waals surface area (Å²) in [6.07, 6.45) is 5.05. The molecule has 10 heavy (non-hydrogen) atoms. The molecule has 0 N–H and O–H groups in total. The molecule has 0 radical (unpaired) electrons. The van der Waals surface area contributed by atoms with Crippen molar-refractivity contribution in [2.24, 2.45) is 4.99 Å². The summed E-state index contributed by atoms with van der Waals surface area (Å²) in [6.45, 7) is 1.31. The Hall–Kier alpha value is -0.660. The fraction of sp³-hybridized carbons (Fsp3) is 0.857. The highest BCUT2D eigenvalue weighted by Gasteiger charge is 2.12. The smallest absolute Gasteiger partial charge is 0.235 e. The van der Waals surface area contributed by atoms with Crippen molar-refractivity contribution < 1.29 is 9.53 Å². The third-order valence-electron chi connectivity index (χ3n) is 1.63. The Morgan fingerprint density at radius 1 is 1.60 bits per heavy atom. The lowest BCUT2D eigenvalue weighted by atomic mass is 10.1. The summed E-state index contributed by atoms with van der Waals surface area (Å²) in [5.74, 6) is 0. The molecule has 1 aliphatic rings. The maximum atomic E-state index is 9.70. The quantitative estimate of drug-likeness (QED) is 0.423. The minimum Gasteiger partial charge on any atom is -0.376 e. The van der Waals surface area contributed by atoms with E-state index in [1.165, 1.54) is 12.5 Å². The van der Waals surface area contributed by atoms with Crippen molar-refractivity contribution in [2.75, 3.05) is 13.2 Å². The number of rotatable bonds is 2. The van der Waals surface area contributed by atoms with Crippen LogP contribution >= 0.6 is 0 Å². The van der Waals surface area contributed by atoms with Gasteiger partial charge in [-0.25, -0.2) is 9.79 Å². The maximum absolute atomic E-state index is 9.70. The second kappa shape index (κ2) is 4.20. The van der Waals surface area contributed by atoms with Crippen molar-refractivity contribution >= 4 is 6.08 Å². The van der Waals surface area contributed by atoms with Crippen LogP contribution in [-0.2, 0) is 9.53 Å². The second-order valence-corrected chi connectivity index (χ2v) is 2.42. The molecule has 1 fully saturated rings. The highest BCUT2D eigenvalue weighted by molar-refractivity contribution is 5.32. The number of hydrogen-bond acceptors (Lipinski definition) is 3. The third kappa shape index (κ3) is 2.29. The lowest BCUT2D eigenvalue weighted by molar-refractivity contribution is 0.0225. The molecule has 1 aliphatic heterocycles. The molecule has 0 aromatic heterocycles. The summed E-state index contributed by atoms with van der Waals surface area (Å²) in [4.78, 5) is 13.2. The van der Waals surface area contributed by atoms with Gasteiger partial charge in [-0.2, -0.15) is 0 Å². The zero-order chi connectivity index (χ0) is 7.23. The van der Waals surface area contributed by atoms with E-state index >= 15 is 0 Å². The molecule has 56 valence electrons. The Kier molecular flexibility index (Phi) is 3.13. The average molecular weight is 141 g/mol. The molecule has 0 bridgehead atoms. The van der Waals surface area contributed by atoms with Crippen molar-refractivity contribution in [3.63, 3.8) is 0 Å². The van der Waals surface area contributed by atoms with Gasteiger partial charge in [0.1, 0.15) is 0 Å². The van der Waals surface area contributed by atoms with Gasteiger partial charge in [-0.05, 0) is 19.3 Å². The van der Waals surface area contributed by atoms with E-state index in [0.29, 0.717) is 6.54 Å². The minimum atomic E-state index is 0.176. The van der Waals surface area contributed by atoms with Crippen LogP contribution in [0.2, 0.25) is 0 Å². The molecule has 0 aromatic carbocycles. The first kappa shape index (κ1) is 7.45. The molecule has 1 atom stereocenters. The van der Waals surface area contributed by atoms with Gasteiger partial charge in [-0.3, -0.25) is 0 Å².